The van der Waals surface area contributed by atoms with E-state index < -0.39 is 10.0 Å². The van der Waals surface area contributed by atoms with Gasteiger partial charge < -0.3 is 10.5 Å². The average Bonchev–Trinajstić information content (AvgIpc) is 2.66. The molecule has 0 aliphatic rings. The summed E-state index contributed by atoms with van der Waals surface area (Å²) in [6, 6.07) is -0.235. The number of aromatic nitrogens is 2. The molecule has 0 saturated carbocycles. The third-order valence-corrected chi connectivity index (χ3v) is 5.78. The van der Waals surface area contributed by atoms with E-state index >= 15 is 0 Å². The molecule has 2 N–H and O–H groups in total. The van der Waals surface area contributed by atoms with Crippen LogP contribution in [0.5, 0.6) is 0 Å². The molecule has 0 bridgehead atoms. The first-order chi connectivity index (χ1) is 9.81. The second-order valence-corrected chi connectivity index (χ2v) is 6.85. The van der Waals surface area contributed by atoms with Gasteiger partial charge in [0, 0.05) is 26.2 Å². The van der Waals surface area contributed by atoms with E-state index in [2.05, 4.69) is 5.10 Å². The first-order valence-electron chi connectivity index (χ1n) is 7.06. The van der Waals surface area contributed by atoms with Crippen LogP contribution in [0, 0.1) is 13.8 Å². The van der Waals surface area contributed by atoms with E-state index in [1.165, 1.54) is 4.31 Å². The van der Waals surface area contributed by atoms with Crippen LogP contribution in [-0.2, 0) is 21.3 Å². The molecule has 1 rings (SSSR count). The Morgan fingerprint density at radius 1 is 1.43 bits per heavy atom. The van der Waals surface area contributed by atoms with Gasteiger partial charge in [0.25, 0.3) is 0 Å². The maximum absolute atomic E-state index is 12.9. The van der Waals surface area contributed by atoms with Crippen molar-refractivity contribution in [2.24, 2.45) is 5.73 Å². The van der Waals surface area contributed by atoms with Gasteiger partial charge in [0.2, 0.25) is 10.0 Å². The van der Waals surface area contributed by atoms with Crippen molar-refractivity contribution in [2.45, 2.75) is 45.2 Å². The Morgan fingerprint density at radius 2 is 2.05 bits per heavy atom. The van der Waals surface area contributed by atoms with Crippen LogP contribution in [0.25, 0.3) is 0 Å². The van der Waals surface area contributed by atoms with Crippen LogP contribution in [0.2, 0.25) is 0 Å². The smallest absolute Gasteiger partial charge is 0.247 e. The highest BCUT2D eigenvalue weighted by Crippen LogP contribution is 2.25. The fourth-order valence-electron chi connectivity index (χ4n) is 2.55. The highest BCUT2D eigenvalue weighted by Gasteiger charge is 2.32. The lowest BCUT2D eigenvalue weighted by Gasteiger charge is -2.26. The van der Waals surface area contributed by atoms with Crippen LogP contribution in [0.15, 0.2) is 4.90 Å². The number of hydrogen-bond acceptors (Lipinski definition) is 5. The molecule has 0 amide bonds. The second-order valence-electron chi connectivity index (χ2n) is 5.02. The topological polar surface area (TPSA) is 90.5 Å². The summed E-state index contributed by atoms with van der Waals surface area (Å²) in [7, 11) is -2.04. The van der Waals surface area contributed by atoms with E-state index in [-0.39, 0.29) is 10.9 Å². The molecule has 122 valence electrons. The summed E-state index contributed by atoms with van der Waals surface area (Å²) in [6.45, 7) is 8.77. The van der Waals surface area contributed by atoms with Crippen LogP contribution in [0.1, 0.15) is 25.2 Å². The first kappa shape index (κ1) is 18.1. The molecule has 0 saturated heterocycles. The molecule has 21 heavy (non-hydrogen) atoms. The van der Waals surface area contributed by atoms with Gasteiger partial charge in [0.1, 0.15) is 4.90 Å². The largest absolute Gasteiger partial charge is 0.383 e. The number of ether oxygens (including phenoxy) is 1. The van der Waals surface area contributed by atoms with Crippen molar-refractivity contribution < 1.29 is 13.2 Å². The number of aryl methyl sites for hydroxylation is 1. The van der Waals surface area contributed by atoms with Crippen LogP contribution in [0.3, 0.4) is 0 Å². The average molecular weight is 318 g/mol. The molecule has 1 atom stereocenters. The highest BCUT2D eigenvalue weighted by molar-refractivity contribution is 7.89. The molecule has 1 unspecified atom stereocenters. The first-order valence-corrected chi connectivity index (χ1v) is 8.50. The normalized spacial score (nSPS) is 13.9. The van der Waals surface area contributed by atoms with Crippen molar-refractivity contribution in [2.75, 3.05) is 26.8 Å². The molecule has 0 radical (unpaired) electrons. The number of sulfonamides is 1. The monoisotopic (exact) mass is 318 g/mol. The summed E-state index contributed by atoms with van der Waals surface area (Å²) in [5, 5.41) is 4.29. The van der Waals surface area contributed by atoms with E-state index in [1.54, 1.807) is 25.6 Å². The Kier molecular flexibility index (Phi) is 6.33. The summed E-state index contributed by atoms with van der Waals surface area (Å²) in [6.07, 6.45) is 0. The summed E-state index contributed by atoms with van der Waals surface area (Å²) in [5.74, 6) is 0. The fraction of sp³-hybridized carbons (Fsp3) is 0.769. The summed E-state index contributed by atoms with van der Waals surface area (Å²) < 4.78 is 34.0. The van der Waals surface area contributed by atoms with Gasteiger partial charge >= 0.3 is 0 Å². The van der Waals surface area contributed by atoms with Crippen molar-refractivity contribution in [3.05, 3.63) is 11.4 Å². The van der Waals surface area contributed by atoms with Crippen molar-refractivity contribution in [1.29, 1.82) is 0 Å². The Bertz CT molecular complexity index is 568. The minimum atomic E-state index is -3.60. The highest BCUT2D eigenvalue weighted by atomic mass is 32.2. The Morgan fingerprint density at radius 3 is 2.52 bits per heavy atom. The van der Waals surface area contributed by atoms with E-state index in [1.807, 2.05) is 13.8 Å². The third-order valence-electron chi connectivity index (χ3n) is 3.43. The molecule has 8 heteroatoms. The van der Waals surface area contributed by atoms with Gasteiger partial charge in [-0.2, -0.15) is 9.40 Å². The molecule has 0 aliphatic heterocycles. The lowest BCUT2D eigenvalue weighted by atomic mass is 10.3. The van der Waals surface area contributed by atoms with E-state index in [0.29, 0.717) is 37.6 Å². The SMILES string of the molecule is CCN(C(C)COC)S(=O)(=O)c1c(C)nn(CCN)c1C. The summed E-state index contributed by atoms with van der Waals surface area (Å²) >= 11 is 0. The van der Waals surface area contributed by atoms with Gasteiger partial charge in [-0.15, -0.1) is 0 Å². The molecule has 1 heterocycles. The number of nitrogens with zero attached hydrogens (tertiary/aromatic N) is 3. The summed E-state index contributed by atoms with van der Waals surface area (Å²) in [4.78, 5) is 0.278. The maximum Gasteiger partial charge on any atom is 0.247 e. The molecule has 1 aromatic rings. The summed E-state index contributed by atoms with van der Waals surface area (Å²) in [5.41, 5.74) is 6.66. The standard InChI is InChI=1S/C13H26N4O3S/c1-6-17(10(2)9-20-5)21(18,19)13-11(3)15-16(8-7-14)12(13)4/h10H,6-9,14H2,1-5H3. The van der Waals surface area contributed by atoms with Crippen molar-refractivity contribution in [3.63, 3.8) is 0 Å². The van der Waals surface area contributed by atoms with E-state index in [9.17, 15) is 8.42 Å². The van der Waals surface area contributed by atoms with E-state index in [0.717, 1.165) is 0 Å². The molecule has 1 aromatic heterocycles. The molecule has 0 spiro atoms. The minimum Gasteiger partial charge on any atom is -0.383 e. The number of likely N-dealkylation sites (N-methyl/N-ethyl adjacent to an activating group) is 1. The molecular formula is C13H26N4O3S. The van der Waals surface area contributed by atoms with Gasteiger partial charge in [0.05, 0.1) is 24.5 Å². The predicted molar refractivity (Wildman–Crippen MR) is 81.7 cm³/mol. The second kappa shape index (κ2) is 7.35. The maximum atomic E-state index is 12.9. The van der Waals surface area contributed by atoms with Crippen LogP contribution in [0.4, 0.5) is 0 Å². The third kappa shape index (κ3) is 3.63. The Labute approximate surface area is 127 Å². The molecule has 0 aliphatic carbocycles. The zero-order chi connectivity index (χ0) is 16.2. The number of methoxy groups -OCH3 is 1. The Hall–Kier alpha value is -0.960. The minimum absolute atomic E-state index is 0.235. The van der Waals surface area contributed by atoms with Gasteiger partial charge in [-0.1, -0.05) is 6.92 Å². The van der Waals surface area contributed by atoms with Gasteiger partial charge in [0.15, 0.2) is 0 Å². The molecule has 0 aromatic carbocycles. The van der Waals surface area contributed by atoms with Crippen LogP contribution < -0.4 is 5.73 Å². The number of rotatable bonds is 8. The van der Waals surface area contributed by atoms with Gasteiger partial charge in [-0.05, 0) is 20.8 Å². The molecule has 7 nitrogen and oxygen atoms in total. The van der Waals surface area contributed by atoms with Crippen molar-refractivity contribution >= 4 is 10.0 Å². The molecule has 0 fully saturated rings. The predicted octanol–water partition coefficient (Wildman–Crippen LogP) is 0.504. The van der Waals surface area contributed by atoms with Crippen molar-refractivity contribution in [1.82, 2.24) is 14.1 Å². The molecular weight excluding hydrogens is 292 g/mol. The lowest BCUT2D eigenvalue weighted by molar-refractivity contribution is 0.142. The van der Waals surface area contributed by atoms with Crippen LogP contribution >= 0.6 is 0 Å². The number of hydrogen-bond donors (Lipinski definition) is 1. The zero-order valence-corrected chi connectivity index (χ0v) is 14.3. The Balaban J connectivity index is 3.29. The van der Waals surface area contributed by atoms with Crippen LogP contribution in [-0.4, -0.2) is 55.4 Å². The van der Waals surface area contributed by atoms with E-state index in [4.69, 9.17) is 10.5 Å². The lowest BCUT2D eigenvalue weighted by Crippen LogP contribution is -2.41. The zero-order valence-electron chi connectivity index (χ0n) is 13.5. The quantitative estimate of drug-likeness (QED) is 0.754. The van der Waals surface area contributed by atoms with Crippen molar-refractivity contribution in [3.8, 4) is 0 Å². The fourth-order valence-corrected chi connectivity index (χ4v) is 4.56. The van der Waals surface area contributed by atoms with Gasteiger partial charge in [-0.3, -0.25) is 4.68 Å². The number of nitrogens with two attached hydrogens (primary N) is 1. The van der Waals surface area contributed by atoms with Gasteiger partial charge in [-0.25, -0.2) is 8.42 Å².